The predicted molar refractivity (Wildman–Crippen MR) is 45.5 cm³/mol. The lowest BCUT2D eigenvalue weighted by molar-refractivity contribution is -0.120. The average Bonchev–Trinajstić information content (AvgIpc) is 1.97. The van der Waals surface area contributed by atoms with E-state index in [1.165, 1.54) is 0 Å². The van der Waals surface area contributed by atoms with E-state index in [-0.39, 0.29) is 11.7 Å². The van der Waals surface area contributed by atoms with Crippen LogP contribution in [0.2, 0.25) is 0 Å². The van der Waals surface area contributed by atoms with Crippen LogP contribution in [-0.4, -0.2) is 19.5 Å². The maximum atomic E-state index is 10.7. The van der Waals surface area contributed by atoms with Crippen LogP contribution >= 0.6 is 0 Å². The predicted octanol–water partition coefficient (Wildman–Crippen LogP) is 1.80. The Kier molecular flexibility index (Phi) is 5.75. The molecule has 0 N–H and O–H groups in total. The number of ether oxygens (including phenoxy) is 1. The van der Waals surface area contributed by atoms with Gasteiger partial charge in [0.25, 0.3) is 0 Å². The Morgan fingerprint density at radius 2 is 2.18 bits per heavy atom. The van der Waals surface area contributed by atoms with Crippen LogP contribution < -0.4 is 0 Å². The van der Waals surface area contributed by atoms with Gasteiger partial charge in [-0.1, -0.05) is 19.1 Å². The number of hydrogen-bond donors (Lipinski definition) is 0. The van der Waals surface area contributed by atoms with Crippen LogP contribution in [0.1, 0.15) is 20.3 Å². The third kappa shape index (κ3) is 5.80. The summed E-state index contributed by atoms with van der Waals surface area (Å²) in [5.41, 5.74) is 0. The first-order chi connectivity index (χ1) is 5.18. The van der Waals surface area contributed by atoms with Gasteiger partial charge in [0.1, 0.15) is 5.78 Å². The maximum absolute atomic E-state index is 10.7. The molecule has 0 radical (unpaired) electrons. The van der Waals surface area contributed by atoms with E-state index in [1.807, 2.05) is 19.1 Å². The van der Waals surface area contributed by atoms with Gasteiger partial charge in [0.05, 0.1) is 6.61 Å². The summed E-state index contributed by atoms with van der Waals surface area (Å²) in [6, 6.07) is 0. The van der Waals surface area contributed by atoms with E-state index in [0.29, 0.717) is 6.61 Å². The number of carbonyl (C=O) groups excluding carboxylic acids is 1. The van der Waals surface area contributed by atoms with Crippen LogP contribution in [0.25, 0.3) is 0 Å². The normalized spacial score (nSPS) is 13.7. The fraction of sp³-hybridized carbons (Fsp3) is 0.667. The number of carbonyl (C=O) groups is 1. The molecule has 0 aromatic heterocycles. The quantitative estimate of drug-likeness (QED) is 0.567. The minimum Gasteiger partial charge on any atom is -0.381 e. The molecule has 1 atom stereocenters. The molecule has 0 saturated carbocycles. The van der Waals surface area contributed by atoms with E-state index < -0.39 is 0 Å². The summed E-state index contributed by atoms with van der Waals surface area (Å²) in [7, 11) is 1.65. The van der Waals surface area contributed by atoms with Crippen molar-refractivity contribution in [1.82, 2.24) is 0 Å². The molecule has 0 aliphatic rings. The highest BCUT2D eigenvalue weighted by atomic mass is 16.5. The lowest BCUT2D eigenvalue weighted by Gasteiger charge is -2.01. The first kappa shape index (κ1) is 10.4. The summed E-state index contributed by atoms with van der Waals surface area (Å²) in [5, 5.41) is 0. The van der Waals surface area contributed by atoms with Gasteiger partial charge in [0.2, 0.25) is 0 Å². The number of rotatable bonds is 5. The zero-order chi connectivity index (χ0) is 8.69. The van der Waals surface area contributed by atoms with Gasteiger partial charge in [-0.15, -0.1) is 0 Å². The zero-order valence-electron chi connectivity index (χ0n) is 7.46. The van der Waals surface area contributed by atoms with Crippen LogP contribution in [0.3, 0.4) is 0 Å². The maximum Gasteiger partial charge on any atom is 0.132 e. The van der Waals surface area contributed by atoms with E-state index in [4.69, 9.17) is 4.74 Å². The van der Waals surface area contributed by atoms with Gasteiger partial charge >= 0.3 is 0 Å². The Hall–Kier alpha value is -0.630. The smallest absolute Gasteiger partial charge is 0.132 e. The minimum atomic E-state index is 0.142. The molecule has 0 saturated heterocycles. The number of ketones is 1. The second kappa shape index (κ2) is 6.10. The zero-order valence-corrected chi connectivity index (χ0v) is 7.46. The largest absolute Gasteiger partial charge is 0.381 e. The Morgan fingerprint density at radius 1 is 1.55 bits per heavy atom. The Morgan fingerprint density at radius 3 is 2.64 bits per heavy atom. The van der Waals surface area contributed by atoms with Crippen molar-refractivity contribution in [3.8, 4) is 0 Å². The fourth-order valence-electron chi connectivity index (χ4n) is 0.631. The molecular formula is C9H16O2. The monoisotopic (exact) mass is 156 g/mol. The van der Waals surface area contributed by atoms with Gasteiger partial charge < -0.3 is 4.74 Å². The van der Waals surface area contributed by atoms with Crippen molar-refractivity contribution in [1.29, 1.82) is 0 Å². The van der Waals surface area contributed by atoms with Gasteiger partial charge in [0.15, 0.2) is 0 Å². The molecule has 0 spiro atoms. The molecule has 0 aromatic rings. The molecule has 1 unspecified atom stereocenters. The molecular weight excluding hydrogens is 140 g/mol. The molecule has 0 amide bonds. The summed E-state index contributed by atoms with van der Waals surface area (Å²) < 4.78 is 4.81. The SMILES string of the molecule is COCC=CCC(C)C(C)=O. The van der Waals surface area contributed by atoms with Crippen molar-refractivity contribution in [2.75, 3.05) is 13.7 Å². The number of methoxy groups -OCH3 is 1. The third-order valence-corrected chi connectivity index (χ3v) is 1.61. The Balaban J connectivity index is 3.44. The molecule has 11 heavy (non-hydrogen) atoms. The number of allylic oxidation sites excluding steroid dienone is 1. The van der Waals surface area contributed by atoms with E-state index in [1.54, 1.807) is 14.0 Å². The van der Waals surface area contributed by atoms with Gasteiger partial charge in [-0.2, -0.15) is 0 Å². The van der Waals surface area contributed by atoms with Crippen molar-refractivity contribution in [2.24, 2.45) is 5.92 Å². The molecule has 64 valence electrons. The summed E-state index contributed by atoms with van der Waals surface area (Å²) in [6.07, 6.45) is 4.73. The van der Waals surface area contributed by atoms with Crippen molar-refractivity contribution in [2.45, 2.75) is 20.3 Å². The van der Waals surface area contributed by atoms with E-state index in [9.17, 15) is 4.79 Å². The molecule has 0 fully saturated rings. The first-order valence-electron chi connectivity index (χ1n) is 3.83. The molecule has 0 bridgehead atoms. The highest BCUT2D eigenvalue weighted by molar-refractivity contribution is 5.77. The van der Waals surface area contributed by atoms with E-state index in [2.05, 4.69) is 0 Å². The topological polar surface area (TPSA) is 26.3 Å². The van der Waals surface area contributed by atoms with Gasteiger partial charge in [-0.3, -0.25) is 4.79 Å². The second-order valence-electron chi connectivity index (χ2n) is 2.67. The first-order valence-corrected chi connectivity index (χ1v) is 3.83. The van der Waals surface area contributed by atoms with Crippen molar-refractivity contribution in [3.05, 3.63) is 12.2 Å². The van der Waals surface area contributed by atoms with E-state index in [0.717, 1.165) is 6.42 Å². The number of Topliss-reactive ketones (excluding diaryl/α,β-unsaturated/α-hetero) is 1. The van der Waals surface area contributed by atoms with Crippen LogP contribution in [0.15, 0.2) is 12.2 Å². The van der Waals surface area contributed by atoms with Crippen molar-refractivity contribution >= 4 is 5.78 Å². The van der Waals surface area contributed by atoms with Crippen LogP contribution in [0.5, 0.6) is 0 Å². The van der Waals surface area contributed by atoms with Gasteiger partial charge in [-0.05, 0) is 13.3 Å². The molecule has 0 aliphatic carbocycles. The minimum absolute atomic E-state index is 0.142. The van der Waals surface area contributed by atoms with Gasteiger partial charge in [-0.25, -0.2) is 0 Å². The molecule has 0 aromatic carbocycles. The summed E-state index contributed by atoms with van der Waals surface area (Å²) in [6.45, 7) is 4.18. The lowest BCUT2D eigenvalue weighted by Crippen LogP contribution is -2.04. The highest BCUT2D eigenvalue weighted by Crippen LogP contribution is 2.03. The summed E-state index contributed by atoms with van der Waals surface area (Å²) >= 11 is 0. The molecule has 2 heteroatoms. The highest BCUT2D eigenvalue weighted by Gasteiger charge is 2.03. The molecule has 0 heterocycles. The van der Waals surface area contributed by atoms with Crippen molar-refractivity contribution in [3.63, 3.8) is 0 Å². The Labute approximate surface area is 68.2 Å². The van der Waals surface area contributed by atoms with E-state index >= 15 is 0 Å². The average molecular weight is 156 g/mol. The fourth-order valence-corrected chi connectivity index (χ4v) is 0.631. The molecule has 0 rings (SSSR count). The van der Waals surface area contributed by atoms with Crippen molar-refractivity contribution < 1.29 is 9.53 Å². The number of hydrogen-bond acceptors (Lipinski definition) is 2. The summed E-state index contributed by atoms with van der Waals surface area (Å²) in [5.74, 6) is 0.384. The van der Waals surface area contributed by atoms with Crippen LogP contribution in [-0.2, 0) is 9.53 Å². The summed E-state index contributed by atoms with van der Waals surface area (Å²) in [4.78, 5) is 10.7. The Bertz CT molecular complexity index is 138. The lowest BCUT2D eigenvalue weighted by atomic mass is 10.0. The second-order valence-corrected chi connectivity index (χ2v) is 2.67. The molecule has 2 nitrogen and oxygen atoms in total. The standard InChI is InChI=1S/C9H16O2/c1-8(9(2)10)6-4-5-7-11-3/h4-5,8H,6-7H2,1-3H3. The van der Waals surface area contributed by atoms with Crippen LogP contribution in [0, 0.1) is 5.92 Å². The van der Waals surface area contributed by atoms with Gasteiger partial charge in [0, 0.05) is 13.0 Å². The third-order valence-electron chi connectivity index (χ3n) is 1.61. The van der Waals surface area contributed by atoms with Crippen LogP contribution in [0.4, 0.5) is 0 Å². The molecule has 0 aliphatic heterocycles.